The smallest absolute Gasteiger partial charge is 0.409 e. The first kappa shape index (κ1) is 18.2. The van der Waals surface area contributed by atoms with Crippen molar-refractivity contribution in [3.05, 3.63) is 57.7 Å². The lowest BCUT2D eigenvalue weighted by Gasteiger charge is -2.30. The van der Waals surface area contributed by atoms with Crippen LogP contribution >= 0.6 is 11.6 Å². The number of piperidine rings is 1. The van der Waals surface area contributed by atoms with Gasteiger partial charge in [-0.3, -0.25) is 0 Å². The van der Waals surface area contributed by atoms with Crippen molar-refractivity contribution in [2.24, 2.45) is 0 Å². The Labute approximate surface area is 165 Å². The van der Waals surface area contributed by atoms with Gasteiger partial charge in [0.25, 0.3) is 0 Å². The van der Waals surface area contributed by atoms with Crippen molar-refractivity contribution in [2.45, 2.75) is 32.6 Å². The molecule has 27 heavy (non-hydrogen) atoms. The molecule has 1 aromatic rings. The van der Waals surface area contributed by atoms with Crippen molar-refractivity contribution in [2.75, 3.05) is 26.3 Å². The first-order valence-electron chi connectivity index (χ1n) is 9.62. The number of halogens is 1. The molecule has 0 radical (unpaired) electrons. The zero-order valence-corrected chi connectivity index (χ0v) is 16.3. The molecule has 0 bridgehead atoms. The maximum absolute atomic E-state index is 12.0. The van der Waals surface area contributed by atoms with E-state index in [9.17, 15) is 4.79 Å². The molecule has 2 heterocycles. The van der Waals surface area contributed by atoms with Crippen LogP contribution in [0.2, 0.25) is 5.02 Å². The predicted molar refractivity (Wildman–Crippen MR) is 107 cm³/mol. The van der Waals surface area contributed by atoms with Crippen molar-refractivity contribution in [3.8, 4) is 5.75 Å². The lowest BCUT2D eigenvalue weighted by atomic mass is 9.83. The Kier molecular flexibility index (Phi) is 5.26. The molecule has 1 fully saturated rings. The first-order valence-corrected chi connectivity index (χ1v) is 10.0. The fourth-order valence-corrected chi connectivity index (χ4v) is 4.27. The van der Waals surface area contributed by atoms with Gasteiger partial charge in [-0.15, -0.1) is 0 Å². The Morgan fingerprint density at radius 2 is 2.07 bits per heavy atom. The minimum atomic E-state index is -0.210. The topological polar surface area (TPSA) is 38.8 Å². The van der Waals surface area contributed by atoms with Gasteiger partial charge in [0.15, 0.2) is 0 Å². The highest BCUT2D eigenvalue weighted by molar-refractivity contribution is 6.30. The van der Waals surface area contributed by atoms with Crippen LogP contribution in [0.5, 0.6) is 5.75 Å². The van der Waals surface area contributed by atoms with E-state index in [-0.39, 0.29) is 6.09 Å². The van der Waals surface area contributed by atoms with Crippen molar-refractivity contribution in [1.82, 2.24) is 4.90 Å². The SMILES string of the molecule is CCOC(=O)N1CCC(=C2C3=C(C=CCC3)COc3cc(Cl)ccc32)CC1. The third-order valence-electron chi connectivity index (χ3n) is 5.41. The zero-order chi connectivity index (χ0) is 18.8. The standard InChI is InChI=1S/C22H24ClNO3/c1-2-26-22(25)24-11-9-15(10-12-24)21-18-6-4-3-5-16(18)14-27-20-13-17(23)7-8-19(20)21/h3,5,7-8,13H,2,4,6,9-12,14H2,1H3. The van der Waals surface area contributed by atoms with Crippen molar-refractivity contribution in [1.29, 1.82) is 0 Å². The van der Waals surface area contributed by atoms with Gasteiger partial charge in [-0.05, 0) is 67.5 Å². The molecule has 5 heteroatoms. The maximum atomic E-state index is 12.0. The molecule has 0 atom stereocenters. The van der Waals surface area contributed by atoms with E-state index < -0.39 is 0 Å². The number of hydrogen-bond donors (Lipinski definition) is 0. The van der Waals surface area contributed by atoms with Crippen molar-refractivity contribution >= 4 is 23.3 Å². The summed E-state index contributed by atoms with van der Waals surface area (Å²) < 4.78 is 11.3. The Hall–Kier alpha value is -2.20. The fourth-order valence-electron chi connectivity index (χ4n) is 4.10. The second kappa shape index (κ2) is 7.81. The number of nitrogens with zero attached hydrogens (tertiary/aromatic N) is 1. The number of rotatable bonds is 1. The molecule has 1 aliphatic carbocycles. The lowest BCUT2D eigenvalue weighted by Crippen LogP contribution is -2.37. The quantitative estimate of drug-likeness (QED) is 0.651. The molecule has 142 valence electrons. The minimum Gasteiger partial charge on any atom is -0.488 e. The summed E-state index contributed by atoms with van der Waals surface area (Å²) in [6.07, 6.45) is 7.99. The molecule has 0 unspecified atom stereocenters. The highest BCUT2D eigenvalue weighted by Gasteiger charge is 2.28. The van der Waals surface area contributed by atoms with Gasteiger partial charge in [0.1, 0.15) is 12.4 Å². The van der Waals surface area contributed by atoms with Crippen LogP contribution in [-0.2, 0) is 4.74 Å². The van der Waals surface area contributed by atoms with Gasteiger partial charge in [0, 0.05) is 23.7 Å². The summed E-state index contributed by atoms with van der Waals surface area (Å²) in [7, 11) is 0. The average Bonchev–Trinajstić information content (AvgIpc) is 2.85. The number of carbonyl (C=O) groups is 1. The number of fused-ring (bicyclic) bond motifs is 1. The Bertz CT molecular complexity index is 843. The van der Waals surface area contributed by atoms with Crippen LogP contribution in [0.1, 0.15) is 38.2 Å². The molecule has 2 aliphatic heterocycles. The van der Waals surface area contributed by atoms with E-state index in [0.29, 0.717) is 31.3 Å². The first-order chi connectivity index (χ1) is 13.2. The predicted octanol–water partition coefficient (Wildman–Crippen LogP) is 5.38. The molecule has 4 rings (SSSR count). The van der Waals surface area contributed by atoms with Crippen LogP contribution in [0.25, 0.3) is 5.57 Å². The van der Waals surface area contributed by atoms with E-state index in [1.165, 1.54) is 22.3 Å². The molecular weight excluding hydrogens is 362 g/mol. The second-order valence-electron chi connectivity index (χ2n) is 7.04. The average molecular weight is 386 g/mol. The molecule has 1 aromatic carbocycles. The van der Waals surface area contributed by atoms with E-state index >= 15 is 0 Å². The third-order valence-corrected chi connectivity index (χ3v) is 5.65. The summed E-state index contributed by atoms with van der Waals surface area (Å²) in [6, 6.07) is 5.92. The molecule has 1 amide bonds. The maximum Gasteiger partial charge on any atom is 0.409 e. The number of carbonyl (C=O) groups excluding carboxylic acids is 1. The summed E-state index contributed by atoms with van der Waals surface area (Å²) in [4.78, 5) is 13.8. The van der Waals surface area contributed by atoms with E-state index in [1.54, 1.807) is 4.90 Å². The van der Waals surface area contributed by atoms with Crippen LogP contribution in [0.15, 0.2) is 47.1 Å². The lowest BCUT2D eigenvalue weighted by molar-refractivity contribution is 0.104. The molecule has 3 aliphatic rings. The summed E-state index contributed by atoms with van der Waals surface area (Å²) in [5, 5.41) is 0.686. The van der Waals surface area contributed by atoms with Crippen LogP contribution in [0.4, 0.5) is 4.79 Å². The molecule has 0 N–H and O–H groups in total. The van der Waals surface area contributed by atoms with E-state index in [2.05, 4.69) is 18.2 Å². The van der Waals surface area contributed by atoms with Gasteiger partial charge in [0.2, 0.25) is 0 Å². The molecular formula is C22H24ClNO3. The molecule has 0 spiro atoms. The van der Waals surface area contributed by atoms with Crippen LogP contribution in [0, 0.1) is 0 Å². The third kappa shape index (κ3) is 3.63. The molecule has 1 saturated heterocycles. The number of amides is 1. The van der Waals surface area contributed by atoms with Crippen LogP contribution < -0.4 is 4.74 Å². The van der Waals surface area contributed by atoms with Crippen molar-refractivity contribution in [3.63, 3.8) is 0 Å². The van der Waals surface area contributed by atoms with Crippen LogP contribution in [-0.4, -0.2) is 37.3 Å². The molecule has 0 aromatic heterocycles. The summed E-state index contributed by atoms with van der Waals surface area (Å²) in [5.74, 6) is 0.848. The van der Waals surface area contributed by atoms with E-state index in [0.717, 1.165) is 37.0 Å². The van der Waals surface area contributed by atoms with Gasteiger partial charge in [-0.2, -0.15) is 0 Å². The summed E-state index contributed by atoms with van der Waals surface area (Å²) >= 11 is 6.22. The van der Waals surface area contributed by atoms with Gasteiger partial charge in [-0.25, -0.2) is 4.79 Å². The van der Waals surface area contributed by atoms with Gasteiger partial charge in [0.05, 0.1) is 6.61 Å². The highest BCUT2D eigenvalue weighted by atomic mass is 35.5. The summed E-state index contributed by atoms with van der Waals surface area (Å²) in [6.45, 7) is 4.22. The number of benzene rings is 1. The van der Waals surface area contributed by atoms with Gasteiger partial charge >= 0.3 is 6.09 Å². The monoisotopic (exact) mass is 385 g/mol. The normalized spacial score (nSPS) is 19.3. The Morgan fingerprint density at radius 3 is 2.85 bits per heavy atom. The van der Waals surface area contributed by atoms with Gasteiger partial charge in [-0.1, -0.05) is 29.3 Å². The van der Waals surface area contributed by atoms with E-state index in [4.69, 9.17) is 21.1 Å². The van der Waals surface area contributed by atoms with Crippen LogP contribution in [0.3, 0.4) is 0 Å². The zero-order valence-electron chi connectivity index (χ0n) is 15.6. The molecule has 0 saturated carbocycles. The Balaban J connectivity index is 1.73. The highest BCUT2D eigenvalue weighted by Crippen LogP contribution is 2.44. The number of likely N-dealkylation sites (tertiary alicyclic amines) is 1. The summed E-state index contributed by atoms with van der Waals surface area (Å²) in [5.41, 5.74) is 6.47. The number of hydrogen-bond acceptors (Lipinski definition) is 3. The Morgan fingerprint density at radius 1 is 1.26 bits per heavy atom. The fraction of sp³-hybridized carbons (Fsp3) is 0.409. The number of allylic oxidation sites excluding steroid dienone is 3. The second-order valence-corrected chi connectivity index (χ2v) is 7.47. The largest absolute Gasteiger partial charge is 0.488 e. The molecule has 4 nitrogen and oxygen atoms in total. The van der Waals surface area contributed by atoms with Crippen molar-refractivity contribution < 1.29 is 14.3 Å². The minimum absolute atomic E-state index is 0.210. The number of ether oxygens (including phenoxy) is 2. The van der Waals surface area contributed by atoms with Gasteiger partial charge < -0.3 is 14.4 Å². The van der Waals surface area contributed by atoms with E-state index in [1.807, 2.05) is 19.1 Å².